The van der Waals surface area contributed by atoms with E-state index >= 15 is 0 Å². The molecule has 2 aromatic carbocycles. The van der Waals surface area contributed by atoms with Crippen LogP contribution in [0.2, 0.25) is 0 Å². The number of halogens is 4. The van der Waals surface area contributed by atoms with Crippen LogP contribution in [0, 0.1) is 5.82 Å². The van der Waals surface area contributed by atoms with Crippen LogP contribution in [0.3, 0.4) is 0 Å². The summed E-state index contributed by atoms with van der Waals surface area (Å²) < 4.78 is 66.2. The highest BCUT2D eigenvalue weighted by atomic mass is 19.4. The van der Waals surface area contributed by atoms with E-state index in [0.717, 1.165) is 36.4 Å². The monoisotopic (exact) mass is 481 g/mol. The van der Waals surface area contributed by atoms with Crippen molar-refractivity contribution in [2.75, 3.05) is 25.1 Å². The quantitative estimate of drug-likeness (QED) is 0.570. The van der Waals surface area contributed by atoms with E-state index in [1.54, 1.807) is 0 Å². The number of alkyl halides is 3. The van der Waals surface area contributed by atoms with Crippen LogP contribution in [0.25, 0.3) is 0 Å². The van der Waals surface area contributed by atoms with Crippen LogP contribution in [-0.4, -0.2) is 49.9 Å². The minimum atomic E-state index is -5.16. The first-order chi connectivity index (χ1) is 16.1. The molecule has 0 spiro atoms. The summed E-state index contributed by atoms with van der Waals surface area (Å²) in [6.07, 6.45) is -5.97. The Morgan fingerprint density at radius 1 is 1.09 bits per heavy atom. The van der Waals surface area contributed by atoms with Gasteiger partial charge in [-0.1, -0.05) is 0 Å². The molecular formula is C22H19F4N3O5. The van der Waals surface area contributed by atoms with Gasteiger partial charge < -0.3 is 20.1 Å². The van der Waals surface area contributed by atoms with Gasteiger partial charge in [-0.15, -0.1) is 0 Å². The predicted molar refractivity (Wildman–Crippen MR) is 110 cm³/mol. The first-order valence-electron chi connectivity index (χ1n) is 10.2. The van der Waals surface area contributed by atoms with E-state index in [1.165, 1.54) is 6.07 Å². The Morgan fingerprint density at radius 3 is 2.44 bits per heavy atom. The van der Waals surface area contributed by atoms with E-state index in [-0.39, 0.29) is 29.5 Å². The Kier molecular flexibility index (Phi) is 6.17. The molecule has 2 heterocycles. The standard InChI is InChI=1S/C22H19F4N3O5/c23-14-4-1-12(2-5-14)18(30)27-11-21(22(24,25)26)16-9-13(3-6-17(16)29-20(32)34-21)19(31)28-15-7-8-33-10-15/h1-6,9,15H,7-8,10-11H2,(H,27,30)(H,28,31)(H,29,32)/t15-,21?/m1/s1. The van der Waals surface area contributed by atoms with Crippen molar-refractivity contribution in [3.63, 3.8) is 0 Å². The third-order valence-electron chi connectivity index (χ3n) is 5.55. The van der Waals surface area contributed by atoms with Crippen molar-refractivity contribution >= 4 is 23.6 Å². The van der Waals surface area contributed by atoms with E-state index in [0.29, 0.717) is 13.0 Å². The molecule has 34 heavy (non-hydrogen) atoms. The molecule has 12 heteroatoms. The number of rotatable bonds is 5. The van der Waals surface area contributed by atoms with Gasteiger partial charge in [0.2, 0.25) is 0 Å². The fraction of sp³-hybridized carbons (Fsp3) is 0.318. The van der Waals surface area contributed by atoms with Crippen LogP contribution in [-0.2, 0) is 15.1 Å². The second-order valence-corrected chi connectivity index (χ2v) is 7.82. The smallest absolute Gasteiger partial charge is 0.426 e. The number of carbonyl (C=O) groups is 3. The topological polar surface area (TPSA) is 106 Å². The summed E-state index contributed by atoms with van der Waals surface area (Å²) >= 11 is 0. The van der Waals surface area contributed by atoms with Gasteiger partial charge in [-0.3, -0.25) is 14.9 Å². The molecule has 1 saturated heterocycles. The molecule has 2 aliphatic heterocycles. The maximum atomic E-state index is 14.4. The zero-order chi connectivity index (χ0) is 24.5. The second kappa shape index (κ2) is 8.93. The Bertz CT molecular complexity index is 1120. The van der Waals surface area contributed by atoms with Gasteiger partial charge in [0.15, 0.2) is 0 Å². The van der Waals surface area contributed by atoms with E-state index in [9.17, 15) is 31.9 Å². The highest BCUT2D eigenvalue weighted by Gasteiger charge is 2.62. The molecule has 4 rings (SSSR count). The number of hydrogen-bond acceptors (Lipinski definition) is 5. The number of hydrogen-bond donors (Lipinski definition) is 3. The van der Waals surface area contributed by atoms with Crippen molar-refractivity contribution < 1.29 is 41.4 Å². The minimum Gasteiger partial charge on any atom is -0.426 e. The van der Waals surface area contributed by atoms with Crippen LogP contribution in [0.15, 0.2) is 42.5 Å². The van der Waals surface area contributed by atoms with Crippen LogP contribution < -0.4 is 16.0 Å². The maximum Gasteiger partial charge on any atom is 0.434 e. The number of ether oxygens (including phenoxy) is 2. The van der Waals surface area contributed by atoms with E-state index in [4.69, 9.17) is 9.47 Å². The van der Waals surface area contributed by atoms with Crippen molar-refractivity contribution in [1.29, 1.82) is 0 Å². The normalized spacial score (nSPS) is 21.8. The molecule has 2 aliphatic rings. The molecule has 8 nitrogen and oxygen atoms in total. The third-order valence-corrected chi connectivity index (χ3v) is 5.55. The molecule has 1 fully saturated rings. The Labute approximate surface area is 190 Å². The second-order valence-electron chi connectivity index (χ2n) is 7.82. The Morgan fingerprint density at radius 2 is 1.79 bits per heavy atom. The van der Waals surface area contributed by atoms with Gasteiger partial charge >= 0.3 is 12.3 Å². The lowest BCUT2D eigenvalue weighted by molar-refractivity contribution is -0.261. The van der Waals surface area contributed by atoms with Crippen LogP contribution in [0.1, 0.15) is 32.7 Å². The van der Waals surface area contributed by atoms with Crippen LogP contribution in [0.4, 0.5) is 28.0 Å². The Hall–Kier alpha value is -3.67. The number of fused-ring (bicyclic) bond motifs is 1. The summed E-state index contributed by atoms with van der Waals surface area (Å²) in [5.74, 6) is -2.18. The number of nitrogens with one attached hydrogen (secondary N) is 3. The van der Waals surface area contributed by atoms with Gasteiger partial charge in [-0.05, 0) is 48.9 Å². The molecule has 3 amide bonds. The summed E-state index contributed by atoms with van der Waals surface area (Å²) in [5.41, 5.74) is -4.22. The lowest BCUT2D eigenvalue weighted by Crippen LogP contribution is -2.56. The summed E-state index contributed by atoms with van der Waals surface area (Å²) in [6, 6.07) is 7.29. The fourth-order valence-corrected chi connectivity index (χ4v) is 3.74. The van der Waals surface area contributed by atoms with Gasteiger partial charge in [0.1, 0.15) is 5.82 Å². The highest BCUT2D eigenvalue weighted by molar-refractivity contribution is 5.97. The molecular weight excluding hydrogens is 462 g/mol. The predicted octanol–water partition coefficient (Wildman–Crippen LogP) is 3.09. The highest BCUT2D eigenvalue weighted by Crippen LogP contribution is 2.47. The van der Waals surface area contributed by atoms with Crippen molar-refractivity contribution in [2.24, 2.45) is 0 Å². The van der Waals surface area contributed by atoms with Gasteiger partial charge in [-0.25, -0.2) is 9.18 Å². The van der Waals surface area contributed by atoms with Crippen LogP contribution >= 0.6 is 0 Å². The number of carbonyl (C=O) groups excluding carboxylic acids is 3. The average molecular weight is 481 g/mol. The maximum absolute atomic E-state index is 14.4. The molecule has 0 saturated carbocycles. The summed E-state index contributed by atoms with van der Waals surface area (Å²) in [4.78, 5) is 37.0. The van der Waals surface area contributed by atoms with Crippen molar-refractivity contribution in [3.8, 4) is 0 Å². The van der Waals surface area contributed by atoms with Gasteiger partial charge in [0.05, 0.1) is 24.9 Å². The summed E-state index contributed by atoms with van der Waals surface area (Å²) in [6.45, 7) is -0.424. The molecule has 2 atom stereocenters. The molecule has 0 radical (unpaired) electrons. The fourth-order valence-electron chi connectivity index (χ4n) is 3.74. The van der Waals surface area contributed by atoms with Crippen molar-refractivity contribution in [3.05, 3.63) is 65.0 Å². The largest absolute Gasteiger partial charge is 0.434 e. The number of anilines is 1. The SMILES string of the molecule is O=C1Nc2ccc(C(=O)N[C@@H]3CCOC3)cc2C(CNC(=O)c2ccc(F)cc2)(C(F)(F)F)O1. The number of amides is 3. The lowest BCUT2D eigenvalue weighted by Gasteiger charge is -2.39. The molecule has 0 aliphatic carbocycles. The van der Waals surface area contributed by atoms with E-state index in [1.807, 2.05) is 0 Å². The van der Waals surface area contributed by atoms with Gasteiger partial charge in [-0.2, -0.15) is 13.2 Å². The van der Waals surface area contributed by atoms with E-state index < -0.39 is 47.6 Å². The number of cyclic esters (lactones) is 1. The van der Waals surface area contributed by atoms with Gasteiger partial charge in [0, 0.05) is 23.3 Å². The van der Waals surface area contributed by atoms with Crippen molar-refractivity contribution in [2.45, 2.75) is 24.2 Å². The average Bonchev–Trinajstić information content (AvgIpc) is 3.29. The summed E-state index contributed by atoms with van der Waals surface area (Å²) in [7, 11) is 0. The van der Waals surface area contributed by atoms with Gasteiger partial charge in [0.25, 0.3) is 17.4 Å². The molecule has 180 valence electrons. The van der Waals surface area contributed by atoms with Crippen LogP contribution in [0.5, 0.6) is 0 Å². The third kappa shape index (κ3) is 4.53. The Balaban J connectivity index is 1.66. The molecule has 0 bridgehead atoms. The zero-order valence-corrected chi connectivity index (χ0v) is 17.5. The summed E-state index contributed by atoms with van der Waals surface area (Å²) in [5, 5.41) is 6.96. The molecule has 0 aromatic heterocycles. The molecule has 1 unspecified atom stereocenters. The van der Waals surface area contributed by atoms with Crippen molar-refractivity contribution in [1.82, 2.24) is 10.6 Å². The molecule has 3 N–H and O–H groups in total. The first kappa shape index (κ1) is 23.5. The zero-order valence-electron chi connectivity index (χ0n) is 17.5. The molecule has 2 aromatic rings. The van der Waals surface area contributed by atoms with E-state index in [2.05, 4.69) is 16.0 Å². The lowest BCUT2D eigenvalue weighted by atomic mass is 9.88. The number of benzene rings is 2. The first-order valence-corrected chi connectivity index (χ1v) is 10.2. The minimum absolute atomic E-state index is 0.0916.